The van der Waals surface area contributed by atoms with Crippen LogP contribution in [0.25, 0.3) is 0 Å². The number of halogens is 4. The molecule has 0 radical (unpaired) electrons. The Labute approximate surface area is 43.8 Å². The number of alkyl halides is 3. The molecule has 0 nitrogen and oxygen atoms in total. The van der Waals surface area contributed by atoms with Crippen molar-refractivity contribution in [1.29, 1.82) is 0 Å². The highest BCUT2D eigenvalue weighted by atomic mass is 19.4. The van der Waals surface area contributed by atoms with E-state index in [-0.39, 0.29) is 0 Å². The van der Waals surface area contributed by atoms with E-state index in [4.69, 9.17) is 0 Å². The van der Waals surface area contributed by atoms with E-state index in [0.29, 0.717) is 6.92 Å². The van der Waals surface area contributed by atoms with Crippen LogP contribution in [0, 0.1) is 0 Å². The van der Waals surface area contributed by atoms with E-state index in [1.807, 2.05) is 0 Å². The van der Waals surface area contributed by atoms with Crippen LogP contribution in [-0.2, 0) is 0 Å². The van der Waals surface area contributed by atoms with Gasteiger partial charge >= 0.3 is 6.18 Å². The lowest BCUT2D eigenvalue weighted by Gasteiger charge is -2.01. The van der Waals surface area contributed by atoms with Gasteiger partial charge < -0.3 is 0 Å². The van der Waals surface area contributed by atoms with Gasteiger partial charge in [-0.15, -0.1) is 0 Å². The number of allylic oxidation sites excluding steroid dienone is 1. The molecule has 0 amide bonds. The second-order valence-electron chi connectivity index (χ2n) is 1.29. The van der Waals surface area contributed by atoms with E-state index in [2.05, 4.69) is 0 Å². The molecule has 0 unspecified atom stereocenters. The van der Waals surface area contributed by atoms with E-state index >= 15 is 0 Å². The Morgan fingerprint density at radius 3 is 1.75 bits per heavy atom. The van der Waals surface area contributed by atoms with Gasteiger partial charge in [0, 0.05) is 0 Å². The Bertz CT molecular complexity index is 99.1. The minimum Gasteiger partial charge on any atom is -0.215 e. The van der Waals surface area contributed by atoms with Gasteiger partial charge in [-0.25, -0.2) is 4.39 Å². The van der Waals surface area contributed by atoms with Crippen LogP contribution in [0.5, 0.6) is 0 Å². The second-order valence-corrected chi connectivity index (χ2v) is 1.29. The molecule has 48 valence electrons. The summed E-state index contributed by atoms with van der Waals surface area (Å²) in [5.74, 6) is 0. The zero-order valence-corrected chi connectivity index (χ0v) is 4.09. The Morgan fingerprint density at radius 1 is 1.38 bits per heavy atom. The summed E-state index contributed by atoms with van der Waals surface area (Å²) in [5, 5.41) is 0. The van der Waals surface area contributed by atoms with E-state index in [1.54, 1.807) is 0 Å². The smallest absolute Gasteiger partial charge is 0.215 e. The van der Waals surface area contributed by atoms with Crippen molar-refractivity contribution < 1.29 is 17.6 Å². The highest BCUT2D eigenvalue weighted by molar-refractivity contribution is 5.00. The Morgan fingerprint density at radius 2 is 1.75 bits per heavy atom. The van der Waals surface area contributed by atoms with Crippen LogP contribution in [0.15, 0.2) is 11.9 Å². The molecule has 0 aliphatic heterocycles. The average molecular weight is 128 g/mol. The van der Waals surface area contributed by atoms with Gasteiger partial charge in [0.25, 0.3) is 0 Å². The monoisotopic (exact) mass is 128 g/mol. The summed E-state index contributed by atoms with van der Waals surface area (Å²) in [6.07, 6.45) is -4.96. The number of hydrogen-bond acceptors (Lipinski definition) is 0. The van der Waals surface area contributed by atoms with Gasteiger partial charge in [-0.2, -0.15) is 13.2 Å². The Balaban J connectivity index is 4.03. The molecule has 0 aromatic rings. The molecule has 0 rings (SSSR count). The minimum absolute atomic E-state index is 0.458. The zero-order valence-electron chi connectivity index (χ0n) is 4.09. The van der Waals surface area contributed by atoms with Gasteiger partial charge in [0.05, 0.1) is 11.9 Å². The molecule has 0 N–H and O–H groups in total. The van der Waals surface area contributed by atoms with Crippen LogP contribution < -0.4 is 0 Å². The first kappa shape index (κ1) is 7.46. The van der Waals surface area contributed by atoms with Crippen molar-refractivity contribution in [3.63, 3.8) is 0 Å². The highest BCUT2D eigenvalue weighted by Gasteiger charge is 2.29. The molecule has 0 saturated heterocycles. The van der Waals surface area contributed by atoms with Gasteiger partial charge in [-0.05, 0) is 6.92 Å². The maximum Gasteiger partial charge on any atom is 0.414 e. The van der Waals surface area contributed by atoms with E-state index < -0.39 is 18.1 Å². The van der Waals surface area contributed by atoms with Crippen LogP contribution in [0.3, 0.4) is 0 Å². The van der Waals surface area contributed by atoms with Crippen molar-refractivity contribution in [2.75, 3.05) is 0 Å². The average Bonchev–Trinajstić information content (AvgIpc) is 1.62. The quantitative estimate of drug-likeness (QED) is 0.439. The van der Waals surface area contributed by atoms with Crippen LogP contribution in [0.1, 0.15) is 6.92 Å². The fourth-order valence-electron chi connectivity index (χ4n) is 0.0619. The lowest BCUT2D eigenvalue weighted by Crippen LogP contribution is -2.07. The molecule has 0 fully saturated rings. The molecule has 0 aliphatic rings. The molecule has 0 aromatic heterocycles. The predicted octanol–water partition coefficient (Wildman–Crippen LogP) is 2.42. The molecule has 0 atom stereocenters. The lowest BCUT2D eigenvalue weighted by atomic mass is 10.3. The van der Waals surface area contributed by atoms with Gasteiger partial charge in [0.2, 0.25) is 0 Å². The molecule has 0 bridgehead atoms. The van der Waals surface area contributed by atoms with Crippen molar-refractivity contribution in [2.45, 2.75) is 13.1 Å². The third-order valence-electron chi connectivity index (χ3n) is 0.611. The highest BCUT2D eigenvalue weighted by Crippen LogP contribution is 2.24. The standard InChI is InChI=1S/C4H4F4/c1-3(2-5)4(6,7)8/h2H,1H3/b3-2-. The summed E-state index contributed by atoms with van der Waals surface area (Å²) >= 11 is 0. The van der Waals surface area contributed by atoms with Crippen molar-refractivity contribution in [3.8, 4) is 0 Å². The third kappa shape index (κ3) is 1.95. The van der Waals surface area contributed by atoms with Crippen molar-refractivity contribution >= 4 is 0 Å². The number of hydrogen-bond donors (Lipinski definition) is 0. The van der Waals surface area contributed by atoms with Crippen LogP contribution in [0.4, 0.5) is 17.6 Å². The third-order valence-corrected chi connectivity index (χ3v) is 0.611. The lowest BCUT2D eigenvalue weighted by molar-refractivity contribution is -0.0922. The van der Waals surface area contributed by atoms with Crippen molar-refractivity contribution in [1.82, 2.24) is 0 Å². The number of rotatable bonds is 0. The molecule has 0 heterocycles. The summed E-state index contributed by atoms with van der Waals surface area (Å²) in [5.41, 5.74) is -1.21. The molecular weight excluding hydrogens is 124 g/mol. The first-order chi connectivity index (χ1) is 3.48. The van der Waals surface area contributed by atoms with Crippen molar-refractivity contribution in [3.05, 3.63) is 11.9 Å². The van der Waals surface area contributed by atoms with E-state index in [1.165, 1.54) is 0 Å². The van der Waals surface area contributed by atoms with Gasteiger partial charge in [0.1, 0.15) is 0 Å². The molecule has 0 spiro atoms. The van der Waals surface area contributed by atoms with Crippen LogP contribution >= 0.6 is 0 Å². The molecule has 0 aliphatic carbocycles. The summed E-state index contributed by atoms with van der Waals surface area (Å²) < 4.78 is 44.4. The van der Waals surface area contributed by atoms with Gasteiger partial charge in [-0.3, -0.25) is 0 Å². The topological polar surface area (TPSA) is 0 Å². The fraction of sp³-hybridized carbons (Fsp3) is 0.500. The van der Waals surface area contributed by atoms with E-state index in [0.717, 1.165) is 0 Å². The minimum atomic E-state index is -4.51. The maximum atomic E-state index is 11.1. The van der Waals surface area contributed by atoms with Gasteiger partial charge in [-0.1, -0.05) is 0 Å². The normalized spacial score (nSPS) is 14.4. The molecule has 0 saturated carbocycles. The fourth-order valence-corrected chi connectivity index (χ4v) is 0.0619. The first-order valence-electron chi connectivity index (χ1n) is 1.82. The summed E-state index contributed by atoms with van der Waals surface area (Å²) in [6.45, 7) is 0.667. The molecule has 8 heavy (non-hydrogen) atoms. The maximum absolute atomic E-state index is 11.1. The molecule has 4 heteroatoms. The SMILES string of the molecule is C/C(=C/F)C(F)(F)F. The first-order valence-corrected chi connectivity index (χ1v) is 1.82. The van der Waals surface area contributed by atoms with Crippen LogP contribution in [0.2, 0.25) is 0 Å². The van der Waals surface area contributed by atoms with Crippen LogP contribution in [-0.4, -0.2) is 6.18 Å². The summed E-state index contributed by atoms with van der Waals surface area (Å²) in [7, 11) is 0. The summed E-state index contributed by atoms with van der Waals surface area (Å²) in [6, 6.07) is 0. The zero-order chi connectivity index (χ0) is 6.78. The predicted molar refractivity (Wildman–Crippen MR) is 20.9 cm³/mol. The van der Waals surface area contributed by atoms with Gasteiger partial charge in [0.15, 0.2) is 0 Å². The Hall–Kier alpha value is -0.540. The Kier molecular flexibility index (Phi) is 2.01. The van der Waals surface area contributed by atoms with Crippen molar-refractivity contribution in [2.24, 2.45) is 0 Å². The molecule has 0 aromatic carbocycles. The largest absolute Gasteiger partial charge is 0.414 e. The summed E-state index contributed by atoms with van der Waals surface area (Å²) in [4.78, 5) is 0. The second kappa shape index (κ2) is 2.15. The van der Waals surface area contributed by atoms with E-state index in [9.17, 15) is 17.6 Å². The molecular formula is C4H4F4.